The summed E-state index contributed by atoms with van der Waals surface area (Å²) >= 11 is 13.1. The number of hydrogen-bond donors (Lipinski definition) is 2. The molecule has 9 heteroatoms. The third kappa shape index (κ3) is 4.46. The predicted octanol–water partition coefficient (Wildman–Crippen LogP) is 4.51. The molecule has 1 aliphatic rings. The molecule has 3 aromatic rings. The molecule has 0 bridgehead atoms. The lowest BCUT2D eigenvalue weighted by Crippen LogP contribution is -2.37. The fourth-order valence-electron chi connectivity index (χ4n) is 4.02. The molecule has 1 saturated heterocycles. The fraction of sp³-hybridized carbons (Fsp3) is 0.455. The summed E-state index contributed by atoms with van der Waals surface area (Å²) in [6.07, 6.45) is 1.30. The van der Waals surface area contributed by atoms with E-state index < -0.39 is 0 Å². The van der Waals surface area contributed by atoms with Crippen molar-refractivity contribution in [1.29, 1.82) is 0 Å². The lowest BCUT2D eigenvalue weighted by Gasteiger charge is -2.16. The lowest BCUT2D eigenvalue weighted by molar-refractivity contribution is 0.113. The van der Waals surface area contributed by atoms with E-state index in [1.165, 1.54) is 0 Å². The fourth-order valence-corrected chi connectivity index (χ4v) is 4.67. The molecule has 0 aliphatic carbocycles. The van der Waals surface area contributed by atoms with Gasteiger partial charge in [0.15, 0.2) is 5.65 Å². The monoisotopic (exact) mass is 463 g/mol. The molecule has 2 N–H and O–H groups in total. The van der Waals surface area contributed by atoms with Gasteiger partial charge in [-0.3, -0.25) is 0 Å². The van der Waals surface area contributed by atoms with Crippen LogP contribution in [0.3, 0.4) is 0 Å². The SMILES string of the molecule is COc1cc(Cl)c(-c2c(C)nn3c(NCCNC4CCOC4C)cc(C)nc23)c(Cl)c1. The van der Waals surface area contributed by atoms with Gasteiger partial charge in [0.1, 0.15) is 11.6 Å². The van der Waals surface area contributed by atoms with E-state index in [1.807, 2.05) is 24.4 Å². The summed E-state index contributed by atoms with van der Waals surface area (Å²) in [7, 11) is 1.58. The number of aromatic nitrogens is 3. The molecule has 1 aliphatic heterocycles. The molecule has 0 radical (unpaired) electrons. The largest absolute Gasteiger partial charge is 0.497 e. The van der Waals surface area contributed by atoms with Crippen LogP contribution in [0.5, 0.6) is 5.75 Å². The molecule has 31 heavy (non-hydrogen) atoms. The van der Waals surface area contributed by atoms with Crippen molar-refractivity contribution < 1.29 is 9.47 Å². The van der Waals surface area contributed by atoms with Gasteiger partial charge < -0.3 is 20.1 Å². The maximum atomic E-state index is 6.57. The summed E-state index contributed by atoms with van der Waals surface area (Å²) in [6.45, 7) is 8.40. The van der Waals surface area contributed by atoms with Crippen molar-refractivity contribution >= 4 is 34.7 Å². The molecule has 2 atom stereocenters. The van der Waals surface area contributed by atoms with Gasteiger partial charge in [0.25, 0.3) is 0 Å². The Kier molecular flexibility index (Phi) is 6.57. The van der Waals surface area contributed by atoms with E-state index in [0.717, 1.165) is 48.9 Å². The van der Waals surface area contributed by atoms with Gasteiger partial charge in [0.05, 0.1) is 34.5 Å². The van der Waals surface area contributed by atoms with Crippen molar-refractivity contribution in [2.75, 3.05) is 32.1 Å². The highest BCUT2D eigenvalue weighted by Crippen LogP contribution is 2.41. The van der Waals surface area contributed by atoms with Crippen LogP contribution in [-0.4, -0.2) is 53.6 Å². The first-order chi connectivity index (χ1) is 14.9. The van der Waals surface area contributed by atoms with E-state index in [9.17, 15) is 0 Å². The van der Waals surface area contributed by atoms with Gasteiger partial charge in [-0.15, -0.1) is 0 Å². The second-order valence-electron chi connectivity index (χ2n) is 7.80. The number of benzene rings is 1. The van der Waals surface area contributed by atoms with Crippen LogP contribution in [0.4, 0.5) is 5.82 Å². The number of nitrogens with one attached hydrogen (secondary N) is 2. The minimum absolute atomic E-state index is 0.255. The second-order valence-corrected chi connectivity index (χ2v) is 8.61. The molecule has 3 heterocycles. The van der Waals surface area contributed by atoms with Crippen molar-refractivity contribution in [3.8, 4) is 16.9 Å². The van der Waals surface area contributed by atoms with E-state index in [-0.39, 0.29) is 6.10 Å². The average molecular weight is 464 g/mol. The van der Waals surface area contributed by atoms with Crippen molar-refractivity contribution in [1.82, 2.24) is 19.9 Å². The number of anilines is 1. The Labute approximate surface area is 192 Å². The smallest absolute Gasteiger partial charge is 0.165 e. The van der Waals surface area contributed by atoms with Crippen LogP contribution in [0.25, 0.3) is 16.8 Å². The van der Waals surface area contributed by atoms with Gasteiger partial charge in [-0.2, -0.15) is 9.61 Å². The quantitative estimate of drug-likeness (QED) is 0.502. The van der Waals surface area contributed by atoms with Gasteiger partial charge in [-0.1, -0.05) is 23.2 Å². The van der Waals surface area contributed by atoms with Gasteiger partial charge >= 0.3 is 0 Å². The molecule has 1 aromatic carbocycles. The summed E-state index contributed by atoms with van der Waals surface area (Å²) in [5.74, 6) is 1.48. The average Bonchev–Trinajstić information content (AvgIpc) is 3.27. The van der Waals surface area contributed by atoms with E-state index in [4.69, 9.17) is 42.8 Å². The summed E-state index contributed by atoms with van der Waals surface area (Å²) < 4.78 is 12.7. The summed E-state index contributed by atoms with van der Waals surface area (Å²) in [5, 5.41) is 12.8. The molecule has 0 spiro atoms. The first-order valence-electron chi connectivity index (χ1n) is 10.4. The Hall–Kier alpha value is -2.06. The maximum absolute atomic E-state index is 6.57. The number of ether oxygens (including phenoxy) is 2. The Bertz CT molecular complexity index is 1080. The standard InChI is InChI=1S/C22H27Cl2N5O2/c1-12-9-19(26-7-6-25-18-5-8-31-14(18)3)29-22(27-12)20(13(2)28-29)21-16(23)10-15(30-4)11-17(21)24/h9-11,14,18,25-26H,5-8H2,1-4H3. The Balaban J connectivity index is 1.63. The van der Waals surface area contributed by atoms with Crippen LogP contribution in [0.2, 0.25) is 10.0 Å². The molecule has 0 saturated carbocycles. The summed E-state index contributed by atoms with van der Waals surface area (Å²) in [4.78, 5) is 4.74. The molecular formula is C22H27Cl2N5O2. The zero-order chi connectivity index (χ0) is 22.1. The second kappa shape index (κ2) is 9.20. The van der Waals surface area contributed by atoms with Crippen LogP contribution in [0.15, 0.2) is 18.2 Å². The number of hydrogen-bond acceptors (Lipinski definition) is 6. The normalized spacial score (nSPS) is 18.6. The molecule has 0 amide bonds. The minimum atomic E-state index is 0.255. The maximum Gasteiger partial charge on any atom is 0.165 e. The molecule has 1 fully saturated rings. The Morgan fingerprint density at radius 2 is 1.90 bits per heavy atom. The first-order valence-corrected chi connectivity index (χ1v) is 11.1. The zero-order valence-electron chi connectivity index (χ0n) is 18.1. The highest BCUT2D eigenvalue weighted by molar-refractivity contribution is 6.39. The number of fused-ring (bicyclic) bond motifs is 1. The van der Waals surface area contributed by atoms with E-state index >= 15 is 0 Å². The highest BCUT2D eigenvalue weighted by Gasteiger charge is 2.23. The van der Waals surface area contributed by atoms with E-state index in [2.05, 4.69) is 17.6 Å². The number of rotatable bonds is 7. The van der Waals surface area contributed by atoms with Crippen molar-refractivity contribution in [2.24, 2.45) is 0 Å². The van der Waals surface area contributed by atoms with Crippen molar-refractivity contribution in [3.63, 3.8) is 0 Å². The number of methoxy groups -OCH3 is 1. The molecule has 7 nitrogen and oxygen atoms in total. The Morgan fingerprint density at radius 1 is 1.16 bits per heavy atom. The molecule has 4 rings (SSSR count). The molecule has 2 unspecified atom stereocenters. The van der Waals surface area contributed by atoms with Crippen molar-refractivity contribution in [3.05, 3.63) is 39.6 Å². The van der Waals surface area contributed by atoms with Gasteiger partial charge in [0.2, 0.25) is 0 Å². The van der Waals surface area contributed by atoms with Crippen LogP contribution in [-0.2, 0) is 4.74 Å². The molecule has 2 aromatic heterocycles. The minimum Gasteiger partial charge on any atom is -0.497 e. The lowest BCUT2D eigenvalue weighted by atomic mass is 10.1. The van der Waals surface area contributed by atoms with Gasteiger partial charge in [0, 0.05) is 43.1 Å². The number of nitrogens with zero attached hydrogens (tertiary/aromatic N) is 3. The van der Waals surface area contributed by atoms with Crippen LogP contribution < -0.4 is 15.4 Å². The topological polar surface area (TPSA) is 72.7 Å². The predicted molar refractivity (Wildman–Crippen MR) is 125 cm³/mol. The zero-order valence-corrected chi connectivity index (χ0v) is 19.6. The third-order valence-corrected chi connectivity index (χ3v) is 6.20. The first kappa shape index (κ1) is 22.1. The Morgan fingerprint density at radius 3 is 2.55 bits per heavy atom. The number of aryl methyl sites for hydroxylation is 2. The van der Waals surface area contributed by atoms with Crippen LogP contribution >= 0.6 is 23.2 Å². The van der Waals surface area contributed by atoms with E-state index in [1.54, 1.807) is 19.2 Å². The van der Waals surface area contributed by atoms with Crippen molar-refractivity contribution in [2.45, 2.75) is 39.3 Å². The van der Waals surface area contributed by atoms with Crippen LogP contribution in [0.1, 0.15) is 24.7 Å². The van der Waals surface area contributed by atoms with Crippen LogP contribution in [0, 0.1) is 13.8 Å². The van der Waals surface area contributed by atoms with Gasteiger partial charge in [-0.25, -0.2) is 4.98 Å². The van der Waals surface area contributed by atoms with E-state index in [0.29, 0.717) is 33.0 Å². The summed E-state index contributed by atoms with van der Waals surface area (Å²) in [5.41, 5.74) is 3.91. The number of halogens is 2. The van der Waals surface area contributed by atoms with Gasteiger partial charge in [-0.05, 0) is 39.3 Å². The summed E-state index contributed by atoms with van der Waals surface area (Å²) in [6, 6.07) is 5.89. The molecular weight excluding hydrogens is 437 g/mol. The highest BCUT2D eigenvalue weighted by atomic mass is 35.5. The molecule has 166 valence electrons. The third-order valence-electron chi connectivity index (χ3n) is 5.61.